The average molecular weight is 389 g/mol. The van der Waals surface area contributed by atoms with E-state index < -0.39 is 6.10 Å². The van der Waals surface area contributed by atoms with Gasteiger partial charge in [0.2, 0.25) is 5.95 Å². The maximum atomic E-state index is 10.3. The molecule has 2 aliphatic rings. The fourth-order valence-corrected chi connectivity index (χ4v) is 4.59. The molecule has 1 aromatic heterocycles. The lowest BCUT2D eigenvalue weighted by molar-refractivity contribution is 0.0747. The second kappa shape index (κ2) is 8.57. The lowest BCUT2D eigenvalue weighted by Gasteiger charge is -2.20. The Bertz CT molecular complexity index is 795. The van der Waals surface area contributed by atoms with Crippen LogP contribution in [-0.2, 0) is 0 Å². The Hall–Kier alpha value is -1.99. The summed E-state index contributed by atoms with van der Waals surface area (Å²) in [5.74, 6) is 2.20. The molecular weight excluding hydrogens is 356 g/mol. The first-order chi connectivity index (χ1) is 13.7. The second-order valence-corrected chi connectivity index (χ2v) is 7.96. The van der Waals surface area contributed by atoms with Gasteiger partial charge in [0.1, 0.15) is 12.7 Å². The van der Waals surface area contributed by atoms with Crippen molar-refractivity contribution in [2.24, 2.45) is 0 Å². The Kier molecular flexibility index (Phi) is 5.92. The zero-order chi connectivity index (χ0) is 19.5. The van der Waals surface area contributed by atoms with Crippen LogP contribution < -0.4 is 14.8 Å². The largest absolute Gasteiger partial charge is 0.493 e. The molecular formula is C21H32N4O3. The fraction of sp³-hybridized carbons (Fsp3) is 0.667. The first-order valence-corrected chi connectivity index (χ1v) is 10.5. The molecule has 7 heteroatoms. The van der Waals surface area contributed by atoms with Crippen molar-refractivity contribution in [3.8, 4) is 11.5 Å². The number of anilines is 1. The van der Waals surface area contributed by atoms with E-state index in [4.69, 9.17) is 14.5 Å². The predicted octanol–water partition coefficient (Wildman–Crippen LogP) is 3.04. The van der Waals surface area contributed by atoms with Gasteiger partial charge in [-0.25, -0.2) is 4.98 Å². The average Bonchev–Trinajstić information content (AvgIpc) is 3.45. The highest BCUT2D eigenvalue weighted by atomic mass is 16.5. The number of fused-ring (bicyclic) bond motifs is 1. The molecule has 1 aliphatic carbocycles. The number of hydrogen-bond acceptors (Lipinski definition) is 6. The molecule has 0 radical (unpaired) electrons. The molecule has 0 unspecified atom stereocenters. The minimum absolute atomic E-state index is 0.251. The number of benzene rings is 1. The Morgan fingerprint density at radius 1 is 1.18 bits per heavy atom. The van der Waals surface area contributed by atoms with Gasteiger partial charge in [0.15, 0.2) is 11.5 Å². The zero-order valence-corrected chi connectivity index (χ0v) is 17.0. The van der Waals surface area contributed by atoms with E-state index in [0.29, 0.717) is 24.1 Å². The molecule has 2 aromatic rings. The third-order valence-corrected chi connectivity index (χ3v) is 5.99. The molecule has 1 atom stereocenters. The highest BCUT2D eigenvalue weighted by molar-refractivity contribution is 5.83. The molecule has 2 N–H and O–H groups in total. The van der Waals surface area contributed by atoms with E-state index in [1.165, 1.54) is 38.5 Å². The summed E-state index contributed by atoms with van der Waals surface area (Å²) in [6.07, 6.45) is 6.82. The molecule has 0 spiro atoms. The Morgan fingerprint density at radius 2 is 1.93 bits per heavy atom. The second-order valence-electron chi connectivity index (χ2n) is 7.96. The van der Waals surface area contributed by atoms with E-state index in [9.17, 15) is 5.11 Å². The molecule has 1 saturated carbocycles. The van der Waals surface area contributed by atoms with Crippen LogP contribution in [0.25, 0.3) is 11.0 Å². The van der Waals surface area contributed by atoms with Gasteiger partial charge in [-0.1, -0.05) is 12.8 Å². The number of hydrogen-bond donors (Lipinski definition) is 2. The van der Waals surface area contributed by atoms with Crippen LogP contribution in [0.2, 0.25) is 0 Å². The summed E-state index contributed by atoms with van der Waals surface area (Å²) in [5.41, 5.74) is 1.96. The quantitative estimate of drug-likeness (QED) is 0.724. The van der Waals surface area contributed by atoms with E-state index in [2.05, 4.69) is 14.8 Å². The molecule has 1 saturated heterocycles. The number of nitrogens with zero attached hydrogens (tertiary/aromatic N) is 3. The molecule has 28 heavy (non-hydrogen) atoms. The number of imidazole rings is 1. The third-order valence-electron chi connectivity index (χ3n) is 5.99. The van der Waals surface area contributed by atoms with Crippen LogP contribution in [0, 0.1) is 0 Å². The number of aromatic nitrogens is 2. The van der Waals surface area contributed by atoms with Crippen LogP contribution in [0.4, 0.5) is 5.95 Å². The van der Waals surface area contributed by atoms with Crippen molar-refractivity contribution < 1.29 is 14.6 Å². The van der Waals surface area contributed by atoms with E-state index in [0.717, 1.165) is 30.1 Å². The summed E-state index contributed by atoms with van der Waals surface area (Å²) >= 11 is 0. The van der Waals surface area contributed by atoms with Crippen molar-refractivity contribution in [3.63, 3.8) is 0 Å². The van der Waals surface area contributed by atoms with Crippen molar-refractivity contribution in [2.75, 3.05) is 45.7 Å². The van der Waals surface area contributed by atoms with Gasteiger partial charge in [-0.3, -0.25) is 0 Å². The first kappa shape index (κ1) is 19.3. The summed E-state index contributed by atoms with van der Waals surface area (Å²) in [7, 11) is 3.57. The Labute approximate surface area is 166 Å². The molecule has 7 nitrogen and oxygen atoms in total. The van der Waals surface area contributed by atoms with Gasteiger partial charge in [-0.05, 0) is 38.8 Å². The number of methoxy groups -OCH3 is 1. The third kappa shape index (κ3) is 3.91. The van der Waals surface area contributed by atoms with Gasteiger partial charge in [0, 0.05) is 31.8 Å². The number of aliphatic hydroxyl groups is 1. The van der Waals surface area contributed by atoms with Gasteiger partial charge in [0.05, 0.1) is 18.1 Å². The highest BCUT2D eigenvalue weighted by Crippen LogP contribution is 2.39. The van der Waals surface area contributed by atoms with Crippen LogP contribution in [0.3, 0.4) is 0 Å². The molecule has 4 rings (SSSR count). The molecule has 0 amide bonds. The minimum atomic E-state index is -0.512. The summed E-state index contributed by atoms with van der Waals surface area (Å²) in [4.78, 5) is 7.06. The van der Waals surface area contributed by atoms with Crippen LogP contribution in [-0.4, -0.2) is 66.1 Å². The monoisotopic (exact) mass is 388 g/mol. The summed E-state index contributed by atoms with van der Waals surface area (Å²) in [6.45, 7) is 3.04. The highest BCUT2D eigenvalue weighted by Gasteiger charge is 2.24. The van der Waals surface area contributed by atoms with Gasteiger partial charge >= 0.3 is 0 Å². The number of aliphatic hydroxyl groups excluding tert-OH is 1. The fourth-order valence-electron chi connectivity index (χ4n) is 4.59. The lowest BCUT2D eigenvalue weighted by atomic mass is 10.2. The van der Waals surface area contributed by atoms with Gasteiger partial charge in [-0.2, -0.15) is 0 Å². The lowest BCUT2D eigenvalue weighted by Crippen LogP contribution is -2.33. The van der Waals surface area contributed by atoms with Crippen molar-refractivity contribution in [3.05, 3.63) is 12.1 Å². The van der Waals surface area contributed by atoms with Crippen LogP contribution >= 0.6 is 0 Å². The van der Waals surface area contributed by atoms with E-state index >= 15 is 0 Å². The van der Waals surface area contributed by atoms with Crippen molar-refractivity contribution in [2.45, 2.75) is 50.7 Å². The predicted molar refractivity (Wildman–Crippen MR) is 111 cm³/mol. The number of nitrogens with one attached hydrogen (secondary N) is 1. The smallest absolute Gasteiger partial charge is 0.203 e. The van der Waals surface area contributed by atoms with Crippen molar-refractivity contribution in [1.82, 2.24) is 14.5 Å². The van der Waals surface area contributed by atoms with Gasteiger partial charge < -0.3 is 29.4 Å². The Morgan fingerprint density at radius 3 is 2.61 bits per heavy atom. The van der Waals surface area contributed by atoms with Gasteiger partial charge in [-0.15, -0.1) is 0 Å². The Balaban J connectivity index is 1.54. The topological polar surface area (TPSA) is 71.8 Å². The van der Waals surface area contributed by atoms with E-state index in [1.54, 1.807) is 7.11 Å². The first-order valence-electron chi connectivity index (χ1n) is 10.5. The number of rotatable bonds is 8. The number of likely N-dealkylation sites (tertiary alicyclic amines) is 1. The maximum Gasteiger partial charge on any atom is 0.203 e. The summed E-state index contributed by atoms with van der Waals surface area (Å²) in [5, 5.41) is 13.6. The molecule has 2 heterocycles. The van der Waals surface area contributed by atoms with Crippen LogP contribution in [0.15, 0.2) is 12.1 Å². The summed E-state index contributed by atoms with van der Waals surface area (Å²) in [6, 6.07) is 4.43. The molecule has 2 fully saturated rings. The van der Waals surface area contributed by atoms with Crippen molar-refractivity contribution in [1.29, 1.82) is 0 Å². The zero-order valence-electron chi connectivity index (χ0n) is 17.0. The maximum absolute atomic E-state index is 10.3. The normalized spacial score (nSPS) is 19.4. The SMILES string of the molecule is CNc1nc2cc(OC[C@H](O)CN3CCCC3)c(OC)cc2n1C1CCCC1. The number of β-amino-alcohol motifs (C(OH)–C–C–N with tert-alkyl or cyclic N) is 1. The van der Waals surface area contributed by atoms with Gasteiger partial charge in [0.25, 0.3) is 0 Å². The van der Waals surface area contributed by atoms with E-state index in [-0.39, 0.29) is 6.61 Å². The standard InChI is InChI=1S/C21H32N4O3/c1-22-21-23-17-11-20(28-14-16(26)13-24-9-5-6-10-24)19(27-2)12-18(17)25(21)15-7-3-4-8-15/h11-12,15-16,26H,3-10,13-14H2,1-2H3,(H,22,23)/t16-/m1/s1. The molecule has 0 bridgehead atoms. The molecule has 1 aromatic carbocycles. The van der Waals surface area contributed by atoms with E-state index in [1.807, 2.05) is 19.2 Å². The minimum Gasteiger partial charge on any atom is -0.493 e. The summed E-state index contributed by atoms with van der Waals surface area (Å²) < 4.78 is 13.8. The van der Waals surface area contributed by atoms with Crippen LogP contribution in [0.5, 0.6) is 11.5 Å². The van der Waals surface area contributed by atoms with Crippen LogP contribution in [0.1, 0.15) is 44.6 Å². The number of ether oxygens (including phenoxy) is 2. The molecule has 1 aliphatic heterocycles. The van der Waals surface area contributed by atoms with Crippen molar-refractivity contribution >= 4 is 17.0 Å². The molecule has 154 valence electrons.